The number of hydrogen-bond donors (Lipinski definition) is 1. The fourth-order valence-corrected chi connectivity index (χ4v) is 1.97. The van der Waals surface area contributed by atoms with Gasteiger partial charge in [-0.3, -0.25) is 0 Å². The van der Waals surface area contributed by atoms with Crippen LogP contribution in [0.2, 0.25) is 0 Å². The van der Waals surface area contributed by atoms with E-state index in [9.17, 15) is 22.7 Å². The molecular formula is C15H9F4NO2. The van der Waals surface area contributed by atoms with Crippen molar-refractivity contribution in [3.63, 3.8) is 0 Å². The van der Waals surface area contributed by atoms with Gasteiger partial charge in [0.05, 0.1) is 24.3 Å². The van der Waals surface area contributed by atoms with Crippen molar-refractivity contribution in [3.8, 4) is 28.7 Å². The maximum absolute atomic E-state index is 13.5. The molecule has 0 saturated heterocycles. The number of halogens is 4. The Balaban J connectivity index is 2.76. The number of phenols is 1. The molecule has 0 fully saturated rings. The molecule has 0 aliphatic carbocycles. The van der Waals surface area contributed by atoms with Gasteiger partial charge in [0.25, 0.3) is 0 Å². The van der Waals surface area contributed by atoms with Crippen LogP contribution in [0, 0.1) is 17.1 Å². The second-order valence-corrected chi connectivity index (χ2v) is 4.41. The van der Waals surface area contributed by atoms with E-state index in [0.29, 0.717) is 6.07 Å². The molecule has 0 aliphatic rings. The van der Waals surface area contributed by atoms with Crippen LogP contribution < -0.4 is 4.74 Å². The van der Waals surface area contributed by atoms with E-state index in [0.717, 1.165) is 18.2 Å². The van der Waals surface area contributed by atoms with Crippen LogP contribution >= 0.6 is 0 Å². The van der Waals surface area contributed by atoms with E-state index in [-0.39, 0.29) is 22.4 Å². The molecule has 0 heterocycles. The molecule has 2 aromatic rings. The number of alkyl halides is 3. The molecule has 0 atom stereocenters. The molecule has 0 spiro atoms. The highest BCUT2D eigenvalue weighted by atomic mass is 19.4. The molecule has 114 valence electrons. The van der Waals surface area contributed by atoms with Gasteiger partial charge in [-0.2, -0.15) is 18.4 Å². The smallest absolute Gasteiger partial charge is 0.420 e. The van der Waals surface area contributed by atoms with Crippen LogP contribution in [0.25, 0.3) is 11.1 Å². The highest BCUT2D eigenvalue weighted by molar-refractivity contribution is 5.75. The monoisotopic (exact) mass is 311 g/mol. The minimum atomic E-state index is -4.84. The Labute approximate surface area is 123 Å². The number of nitrogens with zero attached hydrogens (tertiary/aromatic N) is 1. The predicted octanol–water partition coefficient (Wildman–Crippen LogP) is 4.10. The van der Waals surface area contributed by atoms with E-state index in [1.54, 1.807) is 6.07 Å². The van der Waals surface area contributed by atoms with Crippen LogP contribution in [0.4, 0.5) is 17.6 Å². The van der Waals surface area contributed by atoms with Gasteiger partial charge < -0.3 is 9.84 Å². The summed E-state index contributed by atoms with van der Waals surface area (Å²) in [5.74, 6) is -1.74. The number of benzene rings is 2. The highest BCUT2D eigenvalue weighted by Gasteiger charge is 2.35. The number of hydrogen-bond acceptors (Lipinski definition) is 3. The number of nitriles is 1. The molecule has 0 aromatic heterocycles. The van der Waals surface area contributed by atoms with E-state index < -0.39 is 23.3 Å². The molecule has 0 bridgehead atoms. The van der Waals surface area contributed by atoms with E-state index in [1.165, 1.54) is 13.2 Å². The van der Waals surface area contributed by atoms with Gasteiger partial charge in [-0.25, -0.2) is 4.39 Å². The van der Waals surface area contributed by atoms with Crippen molar-refractivity contribution in [1.29, 1.82) is 5.26 Å². The van der Waals surface area contributed by atoms with Crippen molar-refractivity contribution in [2.75, 3.05) is 7.11 Å². The molecule has 22 heavy (non-hydrogen) atoms. The van der Waals surface area contributed by atoms with Gasteiger partial charge in [-0.05, 0) is 29.8 Å². The molecular weight excluding hydrogens is 302 g/mol. The first-order chi connectivity index (χ1) is 10.3. The molecule has 3 nitrogen and oxygen atoms in total. The molecule has 0 amide bonds. The van der Waals surface area contributed by atoms with E-state index in [1.807, 2.05) is 0 Å². The Hall–Kier alpha value is -2.75. The highest BCUT2D eigenvalue weighted by Crippen LogP contribution is 2.42. The number of rotatable bonds is 2. The third-order valence-corrected chi connectivity index (χ3v) is 2.96. The topological polar surface area (TPSA) is 53.2 Å². The van der Waals surface area contributed by atoms with E-state index in [2.05, 4.69) is 0 Å². The normalized spacial score (nSPS) is 11.1. The number of aromatic hydroxyl groups is 1. The summed E-state index contributed by atoms with van der Waals surface area (Å²) in [6.45, 7) is 0. The van der Waals surface area contributed by atoms with Gasteiger partial charge in [0.2, 0.25) is 0 Å². The molecule has 0 saturated carbocycles. The lowest BCUT2D eigenvalue weighted by Gasteiger charge is -2.14. The van der Waals surface area contributed by atoms with Crippen molar-refractivity contribution in [2.24, 2.45) is 0 Å². The summed E-state index contributed by atoms with van der Waals surface area (Å²) in [6, 6.07) is 6.42. The number of ether oxygens (including phenoxy) is 1. The Morgan fingerprint density at radius 2 is 1.82 bits per heavy atom. The molecule has 0 radical (unpaired) electrons. The third-order valence-electron chi connectivity index (χ3n) is 2.96. The molecule has 7 heteroatoms. The van der Waals surface area contributed by atoms with E-state index >= 15 is 0 Å². The summed E-state index contributed by atoms with van der Waals surface area (Å²) in [5.41, 5.74) is -1.99. The average Bonchev–Trinajstić information content (AvgIpc) is 2.45. The first kappa shape index (κ1) is 15.6. The lowest BCUT2D eigenvalue weighted by Crippen LogP contribution is -2.06. The molecule has 1 N–H and O–H groups in total. The predicted molar refractivity (Wildman–Crippen MR) is 69.8 cm³/mol. The summed E-state index contributed by atoms with van der Waals surface area (Å²) in [6.07, 6.45) is -4.84. The summed E-state index contributed by atoms with van der Waals surface area (Å²) >= 11 is 0. The molecule has 0 unspecified atom stereocenters. The lowest BCUT2D eigenvalue weighted by atomic mass is 9.98. The lowest BCUT2D eigenvalue weighted by molar-refractivity contribution is -0.138. The number of methoxy groups -OCH3 is 1. The van der Waals surface area contributed by atoms with Crippen LogP contribution in [0.3, 0.4) is 0 Å². The summed E-state index contributed by atoms with van der Waals surface area (Å²) in [4.78, 5) is 0. The third kappa shape index (κ3) is 2.96. The Bertz CT molecular complexity index is 763. The van der Waals surface area contributed by atoms with Gasteiger partial charge >= 0.3 is 6.18 Å². The zero-order valence-electron chi connectivity index (χ0n) is 11.2. The Morgan fingerprint density at radius 1 is 1.14 bits per heavy atom. The van der Waals surface area contributed by atoms with Crippen molar-refractivity contribution in [1.82, 2.24) is 0 Å². The quantitative estimate of drug-likeness (QED) is 0.850. The number of phenolic OH excluding ortho intramolecular Hbond substituents is 1. The van der Waals surface area contributed by atoms with Crippen molar-refractivity contribution < 1.29 is 27.4 Å². The zero-order chi connectivity index (χ0) is 16.5. The minimum absolute atomic E-state index is 0.0306. The maximum atomic E-state index is 13.5. The summed E-state index contributed by atoms with van der Waals surface area (Å²) in [7, 11) is 1.27. The van der Waals surface area contributed by atoms with Crippen LogP contribution in [-0.2, 0) is 6.18 Å². The van der Waals surface area contributed by atoms with Gasteiger partial charge in [0.15, 0.2) is 0 Å². The van der Waals surface area contributed by atoms with Crippen molar-refractivity contribution >= 4 is 0 Å². The fourth-order valence-electron chi connectivity index (χ4n) is 1.97. The molecule has 0 aliphatic heterocycles. The van der Waals surface area contributed by atoms with Crippen LogP contribution in [0.5, 0.6) is 11.5 Å². The van der Waals surface area contributed by atoms with Crippen LogP contribution in [-0.4, -0.2) is 12.2 Å². The summed E-state index contributed by atoms with van der Waals surface area (Å²) < 4.78 is 57.1. The van der Waals surface area contributed by atoms with Crippen LogP contribution in [0.1, 0.15) is 11.1 Å². The van der Waals surface area contributed by atoms with E-state index in [4.69, 9.17) is 10.00 Å². The molecule has 2 rings (SSSR count). The summed E-state index contributed by atoms with van der Waals surface area (Å²) in [5, 5.41) is 18.7. The minimum Gasteiger partial charge on any atom is -0.507 e. The standard InChI is InChI=1S/C15H9F4NO2/c1-22-11-5-9(4-10(16)6-11)12-2-8(7-20)3-13(14(12)21)15(17,18)19/h2-6,21H,1H3. The van der Waals surface area contributed by atoms with Gasteiger partial charge in [0, 0.05) is 11.6 Å². The van der Waals surface area contributed by atoms with Crippen molar-refractivity contribution in [2.45, 2.75) is 6.18 Å². The first-order valence-electron chi connectivity index (χ1n) is 5.95. The van der Waals surface area contributed by atoms with Gasteiger partial charge in [0.1, 0.15) is 17.3 Å². The molecule has 2 aromatic carbocycles. The van der Waals surface area contributed by atoms with Gasteiger partial charge in [-0.15, -0.1) is 0 Å². The largest absolute Gasteiger partial charge is 0.507 e. The average molecular weight is 311 g/mol. The fraction of sp³-hybridized carbons (Fsp3) is 0.133. The second-order valence-electron chi connectivity index (χ2n) is 4.41. The first-order valence-corrected chi connectivity index (χ1v) is 5.95. The van der Waals surface area contributed by atoms with Crippen molar-refractivity contribution in [3.05, 3.63) is 47.3 Å². The Morgan fingerprint density at radius 3 is 2.36 bits per heavy atom. The second kappa shape index (κ2) is 5.56. The zero-order valence-corrected chi connectivity index (χ0v) is 11.2. The SMILES string of the molecule is COc1cc(F)cc(-c2cc(C#N)cc(C(F)(F)F)c2O)c1. The van der Waals surface area contributed by atoms with Crippen LogP contribution in [0.15, 0.2) is 30.3 Å². The maximum Gasteiger partial charge on any atom is 0.420 e. The Kier molecular flexibility index (Phi) is 3.95. The van der Waals surface area contributed by atoms with Gasteiger partial charge in [-0.1, -0.05) is 0 Å².